The second-order valence-electron chi connectivity index (χ2n) is 7.63. The molecule has 0 aromatic carbocycles. The minimum atomic E-state index is 0.246. The number of aryl methyl sites for hydroxylation is 1. The Morgan fingerprint density at radius 2 is 2.00 bits per heavy atom. The molecule has 134 valence electrons. The molecule has 3 aliphatic heterocycles. The van der Waals surface area contributed by atoms with Crippen molar-refractivity contribution < 1.29 is 14.0 Å². The van der Waals surface area contributed by atoms with E-state index in [1.807, 2.05) is 6.92 Å². The minimum absolute atomic E-state index is 0.246. The predicted molar refractivity (Wildman–Crippen MR) is 88.8 cm³/mol. The van der Waals surface area contributed by atoms with Crippen molar-refractivity contribution in [3.63, 3.8) is 0 Å². The molecule has 0 bridgehead atoms. The summed E-state index contributed by atoms with van der Waals surface area (Å²) in [6.45, 7) is 8.20. The van der Waals surface area contributed by atoms with Crippen LogP contribution in [0.1, 0.15) is 49.7 Å². The molecule has 6 heteroatoms. The third kappa shape index (κ3) is 3.65. The van der Waals surface area contributed by atoms with Gasteiger partial charge in [-0.15, -0.1) is 0 Å². The minimum Gasteiger partial charge on any atom is -0.381 e. The molecule has 3 saturated heterocycles. The van der Waals surface area contributed by atoms with Gasteiger partial charge >= 0.3 is 0 Å². The summed E-state index contributed by atoms with van der Waals surface area (Å²) in [5.74, 6) is 3.13. The highest BCUT2D eigenvalue weighted by atomic mass is 16.5. The normalized spacial score (nSPS) is 33.1. The van der Waals surface area contributed by atoms with Gasteiger partial charge in [-0.25, -0.2) is 0 Å². The van der Waals surface area contributed by atoms with Crippen LogP contribution in [0.3, 0.4) is 0 Å². The molecule has 1 aromatic heterocycles. The number of likely N-dealkylation sites (tertiary alicyclic amines) is 1. The summed E-state index contributed by atoms with van der Waals surface area (Å²) in [7, 11) is 0. The molecular weight excluding hydrogens is 306 g/mol. The molecule has 0 radical (unpaired) electrons. The zero-order valence-corrected chi connectivity index (χ0v) is 14.7. The van der Waals surface area contributed by atoms with Crippen molar-refractivity contribution in [3.8, 4) is 0 Å². The first-order valence-corrected chi connectivity index (χ1v) is 9.51. The summed E-state index contributed by atoms with van der Waals surface area (Å²) >= 11 is 0. The number of piperidine rings is 1. The molecule has 1 aromatic rings. The van der Waals surface area contributed by atoms with Crippen LogP contribution in [0, 0.1) is 18.8 Å². The fraction of sp³-hybridized carbons (Fsp3) is 0.889. The van der Waals surface area contributed by atoms with E-state index >= 15 is 0 Å². The third-order valence-electron chi connectivity index (χ3n) is 5.86. The topological polar surface area (TPSA) is 60.6 Å². The SMILES string of the molecule is Cc1noc([C@@H]2CCCO[C@H]2C2CCN(CC3CCOC3)CC2)n1. The second-order valence-corrected chi connectivity index (χ2v) is 7.63. The van der Waals surface area contributed by atoms with Crippen LogP contribution >= 0.6 is 0 Å². The maximum absolute atomic E-state index is 6.20. The lowest BCUT2D eigenvalue weighted by Gasteiger charge is -2.40. The average Bonchev–Trinajstić information content (AvgIpc) is 3.27. The molecule has 0 spiro atoms. The Bertz CT molecular complexity index is 521. The molecule has 4 rings (SSSR count). The van der Waals surface area contributed by atoms with Crippen LogP contribution < -0.4 is 0 Å². The van der Waals surface area contributed by atoms with Gasteiger partial charge in [0.25, 0.3) is 0 Å². The van der Waals surface area contributed by atoms with E-state index in [-0.39, 0.29) is 12.0 Å². The van der Waals surface area contributed by atoms with Gasteiger partial charge in [-0.3, -0.25) is 0 Å². The highest BCUT2D eigenvalue weighted by Crippen LogP contribution is 2.38. The van der Waals surface area contributed by atoms with E-state index in [4.69, 9.17) is 14.0 Å². The maximum Gasteiger partial charge on any atom is 0.232 e. The maximum atomic E-state index is 6.20. The van der Waals surface area contributed by atoms with Crippen LogP contribution in [0.2, 0.25) is 0 Å². The predicted octanol–water partition coefficient (Wildman–Crippen LogP) is 2.39. The lowest BCUT2D eigenvalue weighted by Crippen LogP contribution is -2.43. The Balaban J connectivity index is 1.34. The van der Waals surface area contributed by atoms with Crippen molar-refractivity contribution in [2.24, 2.45) is 11.8 Å². The van der Waals surface area contributed by atoms with Crippen LogP contribution in [-0.2, 0) is 9.47 Å². The van der Waals surface area contributed by atoms with Gasteiger partial charge < -0.3 is 18.9 Å². The van der Waals surface area contributed by atoms with Gasteiger partial charge in [-0.1, -0.05) is 5.16 Å². The molecule has 3 aliphatic rings. The summed E-state index contributed by atoms with van der Waals surface area (Å²) in [6, 6.07) is 0. The van der Waals surface area contributed by atoms with Gasteiger partial charge in [0.1, 0.15) is 0 Å². The molecule has 6 nitrogen and oxygen atoms in total. The largest absolute Gasteiger partial charge is 0.381 e. The van der Waals surface area contributed by atoms with Crippen molar-refractivity contribution in [2.75, 3.05) is 39.5 Å². The standard InChI is InChI=1S/C18H29N3O3/c1-13-19-18(24-20-13)16-3-2-9-23-17(16)15-4-7-21(8-5-15)11-14-6-10-22-12-14/h14-17H,2-12H2,1H3/t14?,16-,17+/m1/s1. The highest BCUT2D eigenvalue weighted by molar-refractivity contribution is 5.01. The summed E-state index contributed by atoms with van der Waals surface area (Å²) < 4.78 is 17.2. The van der Waals surface area contributed by atoms with Crippen molar-refractivity contribution in [3.05, 3.63) is 11.7 Å². The first-order chi connectivity index (χ1) is 11.8. The summed E-state index contributed by atoms with van der Waals surface area (Å²) in [5.41, 5.74) is 0. The van der Waals surface area contributed by atoms with Crippen LogP contribution in [0.25, 0.3) is 0 Å². The molecule has 3 fully saturated rings. The zero-order valence-electron chi connectivity index (χ0n) is 14.7. The van der Waals surface area contributed by atoms with E-state index in [0.29, 0.717) is 5.92 Å². The van der Waals surface area contributed by atoms with Gasteiger partial charge in [0.15, 0.2) is 5.82 Å². The number of hydrogen-bond acceptors (Lipinski definition) is 6. The molecule has 24 heavy (non-hydrogen) atoms. The summed E-state index contributed by atoms with van der Waals surface area (Å²) in [4.78, 5) is 7.10. The van der Waals surface area contributed by atoms with Gasteiger partial charge in [0.2, 0.25) is 5.89 Å². The van der Waals surface area contributed by atoms with Crippen molar-refractivity contribution in [1.82, 2.24) is 15.0 Å². The van der Waals surface area contributed by atoms with Crippen LogP contribution in [0.5, 0.6) is 0 Å². The van der Waals surface area contributed by atoms with E-state index in [9.17, 15) is 0 Å². The molecule has 0 N–H and O–H groups in total. The van der Waals surface area contributed by atoms with Gasteiger partial charge in [-0.2, -0.15) is 4.98 Å². The number of hydrogen-bond donors (Lipinski definition) is 0. The Morgan fingerprint density at radius 1 is 1.12 bits per heavy atom. The van der Waals surface area contributed by atoms with Crippen molar-refractivity contribution in [2.45, 2.75) is 51.0 Å². The quantitative estimate of drug-likeness (QED) is 0.842. The Kier molecular flexibility index (Phi) is 5.15. The van der Waals surface area contributed by atoms with Crippen LogP contribution in [-0.4, -0.2) is 60.6 Å². The zero-order chi connectivity index (χ0) is 16.4. The van der Waals surface area contributed by atoms with Gasteiger partial charge in [0.05, 0.1) is 18.6 Å². The third-order valence-corrected chi connectivity index (χ3v) is 5.86. The van der Waals surface area contributed by atoms with E-state index < -0.39 is 0 Å². The monoisotopic (exact) mass is 335 g/mol. The van der Waals surface area contributed by atoms with Crippen molar-refractivity contribution in [1.29, 1.82) is 0 Å². The first-order valence-electron chi connectivity index (χ1n) is 9.51. The number of ether oxygens (including phenoxy) is 2. The summed E-state index contributed by atoms with van der Waals surface area (Å²) in [5, 5.41) is 3.98. The molecule has 0 saturated carbocycles. The average molecular weight is 335 g/mol. The number of rotatable bonds is 4. The van der Waals surface area contributed by atoms with Crippen molar-refractivity contribution >= 4 is 0 Å². The van der Waals surface area contributed by atoms with E-state index in [1.165, 1.54) is 38.9 Å². The Hall–Kier alpha value is -0.980. The molecular formula is C18H29N3O3. The first kappa shape index (κ1) is 16.5. The van der Waals surface area contributed by atoms with Crippen LogP contribution in [0.15, 0.2) is 4.52 Å². The lowest BCUT2D eigenvalue weighted by molar-refractivity contribution is -0.0587. The van der Waals surface area contributed by atoms with Crippen LogP contribution in [0.4, 0.5) is 0 Å². The Labute approximate surface area is 143 Å². The lowest BCUT2D eigenvalue weighted by atomic mass is 9.80. The fourth-order valence-corrected chi connectivity index (χ4v) is 4.55. The van der Waals surface area contributed by atoms with E-state index in [1.54, 1.807) is 0 Å². The highest BCUT2D eigenvalue weighted by Gasteiger charge is 2.38. The molecule has 4 heterocycles. The van der Waals surface area contributed by atoms with E-state index in [0.717, 1.165) is 50.3 Å². The smallest absolute Gasteiger partial charge is 0.232 e. The van der Waals surface area contributed by atoms with Gasteiger partial charge in [0, 0.05) is 19.8 Å². The second kappa shape index (κ2) is 7.50. The number of aromatic nitrogens is 2. The number of nitrogens with zero attached hydrogens (tertiary/aromatic N) is 3. The molecule has 1 unspecified atom stereocenters. The fourth-order valence-electron chi connectivity index (χ4n) is 4.55. The van der Waals surface area contributed by atoms with E-state index in [2.05, 4.69) is 15.0 Å². The molecule has 0 aliphatic carbocycles. The molecule has 3 atom stereocenters. The van der Waals surface area contributed by atoms with Gasteiger partial charge in [-0.05, 0) is 64.0 Å². The molecule has 0 amide bonds. The summed E-state index contributed by atoms with van der Waals surface area (Å²) in [6.07, 6.45) is 6.08. The Morgan fingerprint density at radius 3 is 2.71 bits per heavy atom.